The van der Waals surface area contributed by atoms with Gasteiger partial charge in [-0.3, -0.25) is 14.2 Å². The van der Waals surface area contributed by atoms with Gasteiger partial charge in [-0.25, -0.2) is 9.79 Å². The molecule has 1 amide bonds. The number of rotatable bonds is 4. The van der Waals surface area contributed by atoms with E-state index in [4.69, 9.17) is 21.1 Å². The molecule has 0 aliphatic carbocycles. The van der Waals surface area contributed by atoms with E-state index in [1.165, 1.54) is 4.57 Å². The van der Waals surface area contributed by atoms with Gasteiger partial charge < -0.3 is 14.8 Å². The Labute approximate surface area is 215 Å². The van der Waals surface area contributed by atoms with Crippen LogP contribution in [0, 0.1) is 0 Å². The Kier molecular flexibility index (Phi) is 6.05. The summed E-state index contributed by atoms with van der Waals surface area (Å²) in [4.78, 5) is 45.0. The number of aromatic nitrogens is 1. The summed E-state index contributed by atoms with van der Waals surface area (Å²) in [7, 11) is 1.56. The molecule has 3 heterocycles. The van der Waals surface area contributed by atoms with Gasteiger partial charge in [-0.15, -0.1) is 0 Å². The number of carbonyl (C=O) groups is 2. The largest absolute Gasteiger partial charge is 0.497 e. The third-order valence-electron chi connectivity index (χ3n) is 5.94. The second-order valence-electron chi connectivity index (χ2n) is 8.65. The maximum atomic E-state index is 13.9. The number of nitrogens with one attached hydrogen (secondary N) is 1. The summed E-state index contributed by atoms with van der Waals surface area (Å²) in [5, 5.41) is 3.23. The number of thiazole rings is 1. The van der Waals surface area contributed by atoms with Gasteiger partial charge in [0, 0.05) is 16.3 Å². The summed E-state index contributed by atoms with van der Waals surface area (Å²) >= 11 is 7.29. The number of hydrogen-bond acceptors (Lipinski definition) is 7. The smallest absolute Gasteiger partial charge is 0.338 e. The Morgan fingerprint density at radius 1 is 1.17 bits per heavy atom. The highest BCUT2D eigenvalue weighted by molar-refractivity contribution is 7.07. The molecule has 0 fully saturated rings. The van der Waals surface area contributed by atoms with Crippen LogP contribution < -0.4 is 24.9 Å². The van der Waals surface area contributed by atoms with Crippen LogP contribution in [0.2, 0.25) is 5.02 Å². The Balaban J connectivity index is 1.80. The fraction of sp³-hybridized carbons (Fsp3) is 0.231. The zero-order valence-corrected chi connectivity index (χ0v) is 21.5. The highest BCUT2D eigenvalue weighted by atomic mass is 35.5. The summed E-state index contributed by atoms with van der Waals surface area (Å²) in [6.45, 7) is 5.23. The quantitative estimate of drug-likeness (QED) is 0.530. The molecule has 0 unspecified atom stereocenters. The molecule has 0 radical (unpaired) electrons. The Morgan fingerprint density at radius 3 is 2.56 bits per heavy atom. The fourth-order valence-electron chi connectivity index (χ4n) is 4.38. The van der Waals surface area contributed by atoms with Crippen molar-refractivity contribution < 1.29 is 19.1 Å². The Morgan fingerprint density at radius 2 is 1.89 bits per heavy atom. The van der Waals surface area contributed by atoms with Crippen LogP contribution in [0.15, 0.2) is 63.5 Å². The first-order valence-corrected chi connectivity index (χ1v) is 12.4. The van der Waals surface area contributed by atoms with Gasteiger partial charge >= 0.3 is 5.97 Å². The van der Waals surface area contributed by atoms with Crippen LogP contribution in [0.25, 0.3) is 5.57 Å². The van der Waals surface area contributed by atoms with Crippen LogP contribution in [0.4, 0.5) is 5.69 Å². The van der Waals surface area contributed by atoms with Crippen molar-refractivity contribution in [3.05, 3.63) is 89.6 Å². The molecule has 1 N–H and O–H groups in total. The number of methoxy groups -OCH3 is 1. The van der Waals surface area contributed by atoms with Crippen LogP contribution in [-0.4, -0.2) is 29.7 Å². The number of halogens is 1. The minimum absolute atomic E-state index is 0.219. The molecular formula is C26H22ClN3O5S. The SMILES string of the molecule is COc1ccc([C@@H]2C(C(=O)OC(C)C)=C(C)N=c3s/c(=C4\C(=O)Nc5ccc(Cl)cc54)c(=O)n32)cc1. The first-order valence-electron chi connectivity index (χ1n) is 11.2. The molecule has 8 nitrogen and oxygen atoms in total. The van der Waals surface area contributed by atoms with Crippen LogP contribution in [-0.2, 0) is 14.3 Å². The van der Waals surface area contributed by atoms with Crippen molar-refractivity contribution in [1.82, 2.24) is 4.57 Å². The number of nitrogens with zero attached hydrogens (tertiary/aromatic N) is 2. The Hall–Kier alpha value is -3.69. The molecule has 0 bridgehead atoms. The predicted molar refractivity (Wildman–Crippen MR) is 137 cm³/mol. The van der Waals surface area contributed by atoms with Crippen molar-refractivity contribution in [2.45, 2.75) is 32.9 Å². The van der Waals surface area contributed by atoms with E-state index in [2.05, 4.69) is 10.3 Å². The highest BCUT2D eigenvalue weighted by Crippen LogP contribution is 2.34. The van der Waals surface area contributed by atoms with E-state index in [0.29, 0.717) is 38.1 Å². The molecule has 0 spiro atoms. The summed E-state index contributed by atoms with van der Waals surface area (Å²) in [6.07, 6.45) is -0.357. The second kappa shape index (κ2) is 9.07. The first kappa shape index (κ1) is 24.0. The van der Waals surface area contributed by atoms with Crippen LogP contribution in [0.3, 0.4) is 0 Å². The van der Waals surface area contributed by atoms with E-state index in [1.807, 2.05) is 0 Å². The number of ether oxygens (including phenoxy) is 2. The van der Waals surface area contributed by atoms with Gasteiger partial charge in [0.2, 0.25) is 0 Å². The van der Waals surface area contributed by atoms with Gasteiger partial charge in [0.25, 0.3) is 11.5 Å². The van der Waals surface area contributed by atoms with Crippen LogP contribution in [0.5, 0.6) is 5.75 Å². The van der Waals surface area contributed by atoms with Crippen LogP contribution in [0.1, 0.15) is 37.9 Å². The summed E-state index contributed by atoms with van der Waals surface area (Å²) in [5.41, 5.74) is 2.31. The molecular weight excluding hydrogens is 502 g/mol. The van der Waals surface area contributed by atoms with Crippen molar-refractivity contribution in [3.8, 4) is 5.75 Å². The van der Waals surface area contributed by atoms with Crippen LogP contribution >= 0.6 is 22.9 Å². The number of amides is 1. The molecule has 3 aromatic rings. The third kappa shape index (κ3) is 3.94. The number of anilines is 1. The molecule has 0 saturated heterocycles. The lowest BCUT2D eigenvalue weighted by molar-refractivity contribution is -0.143. The van der Waals surface area contributed by atoms with Crippen molar-refractivity contribution in [3.63, 3.8) is 0 Å². The monoisotopic (exact) mass is 523 g/mol. The molecule has 2 aliphatic rings. The van der Waals surface area contributed by atoms with Gasteiger partial charge in [-0.2, -0.15) is 0 Å². The van der Waals surface area contributed by atoms with Gasteiger partial charge in [-0.05, 0) is 56.7 Å². The lowest BCUT2D eigenvalue weighted by Gasteiger charge is -2.25. The zero-order chi connectivity index (χ0) is 25.7. The number of carbonyl (C=O) groups excluding carboxylic acids is 2. The van der Waals surface area contributed by atoms with Gasteiger partial charge in [0.05, 0.1) is 36.1 Å². The van der Waals surface area contributed by atoms with Gasteiger partial charge in [0.1, 0.15) is 10.3 Å². The number of hydrogen-bond donors (Lipinski definition) is 1. The molecule has 0 saturated carbocycles. The molecule has 5 rings (SSSR count). The van der Waals surface area contributed by atoms with Gasteiger partial charge in [-0.1, -0.05) is 35.1 Å². The average Bonchev–Trinajstić information content (AvgIpc) is 3.32. The third-order valence-corrected chi connectivity index (χ3v) is 7.23. The summed E-state index contributed by atoms with van der Waals surface area (Å²) < 4.78 is 12.5. The van der Waals surface area contributed by atoms with E-state index >= 15 is 0 Å². The number of esters is 1. The molecule has 2 aliphatic heterocycles. The van der Waals surface area contributed by atoms with E-state index in [-0.39, 0.29) is 21.8 Å². The lowest BCUT2D eigenvalue weighted by atomic mass is 9.95. The van der Waals surface area contributed by atoms with Crippen molar-refractivity contribution in [2.24, 2.45) is 4.99 Å². The van der Waals surface area contributed by atoms with Gasteiger partial charge in [0.15, 0.2) is 4.80 Å². The molecule has 36 heavy (non-hydrogen) atoms. The first-order chi connectivity index (χ1) is 17.2. The molecule has 10 heteroatoms. The Bertz CT molecular complexity index is 1630. The normalized spacial score (nSPS) is 17.9. The highest BCUT2D eigenvalue weighted by Gasteiger charge is 2.35. The minimum Gasteiger partial charge on any atom is -0.497 e. The predicted octanol–water partition coefficient (Wildman–Crippen LogP) is 3.17. The molecule has 1 aromatic heterocycles. The maximum absolute atomic E-state index is 13.9. The van der Waals surface area contributed by atoms with E-state index in [9.17, 15) is 14.4 Å². The molecule has 184 valence electrons. The fourth-order valence-corrected chi connectivity index (χ4v) is 5.69. The van der Waals surface area contributed by atoms with E-state index in [0.717, 1.165) is 11.3 Å². The lowest BCUT2D eigenvalue weighted by Crippen LogP contribution is -2.40. The minimum atomic E-state index is -0.795. The number of allylic oxidation sites excluding steroid dienone is 1. The standard InChI is InChI=1S/C26H22ClN3O5S/c1-12(2)35-25(33)19-13(3)28-26-30(21(19)14-5-8-16(34-4)9-6-14)24(32)22(36-26)20-17-11-15(27)7-10-18(17)29-23(20)31/h5-12,21H,1-4H3,(H,29,31)/b22-20-/t21-/m1/s1. The molecule has 1 atom stereocenters. The van der Waals surface area contributed by atoms with E-state index in [1.54, 1.807) is 70.3 Å². The topological polar surface area (TPSA) is 99.0 Å². The van der Waals surface area contributed by atoms with Crippen molar-refractivity contribution in [2.75, 3.05) is 12.4 Å². The average molecular weight is 524 g/mol. The summed E-state index contributed by atoms with van der Waals surface area (Å²) in [6, 6.07) is 11.3. The summed E-state index contributed by atoms with van der Waals surface area (Å²) in [5.74, 6) is -0.314. The van der Waals surface area contributed by atoms with E-state index < -0.39 is 23.5 Å². The number of benzene rings is 2. The second-order valence-corrected chi connectivity index (χ2v) is 10.1. The van der Waals surface area contributed by atoms with Crippen molar-refractivity contribution in [1.29, 1.82) is 0 Å². The van der Waals surface area contributed by atoms with Crippen molar-refractivity contribution >= 4 is 46.1 Å². The molecule has 2 aromatic carbocycles. The maximum Gasteiger partial charge on any atom is 0.338 e. The zero-order valence-electron chi connectivity index (χ0n) is 19.9. The number of fused-ring (bicyclic) bond motifs is 2.